The third-order valence-corrected chi connectivity index (χ3v) is 6.98. The molecule has 0 aliphatic rings. The van der Waals surface area contributed by atoms with Crippen molar-refractivity contribution >= 4 is 26.3 Å². The van der Waals surface area contributed by atoms with Crippen molar-refractivity contribution in [2.45, 2.75) is 12.5 Å². The van der Waals surface area contributed by atoms with Gasteiger partial charge in [0.1, 0.15) is 12.3 Å². The number of rotatable bonds is 14. The molecule has 0 aliphatic carbocycles. The summed E-state index contributed by atoms with van der Waals surface area (Å²) in [6, 6.07) is 7.20. The van der Waals surface area contributed by atoms with Gasteiger partial charge in [0.05, 0.1) is 13.2 Å². The fourth-order valence-corrected chi connectivity index (χ4v) is 4.29. The van der Waals surface area contributed by atoms with E-state index in [4.69, 9.17) is 18.0 Å². The zero-order valence-electron chi connectivity index (χ0n) is 16.6. The summed E-state index contributed by atoms with van der Waals surface area (Å²) in [7, 11) is 2.00. The van der Waals surface area contributed by atoms with Crippen LogP contribution in [0.25, 0.3) is 0 Å². The second-order valence-electron chi connectivity index (χ2n) is 5.78. The van der Waals surface area contributed by atoms with Gasteiger partial charge in [0.2, 0.25) is 0 Å². The van der Waals surface area contributed by atoms with Crippen LogP contribution in [0.15, 0.2) is 29.4 Å². The molecule has 0 atom stereocenters. The molecule has 0 radical (unpaired) electrons. The third-order valence-electron chi connectivity index (χ3n) is 4.15. The Morgan fingerprint density at radius 1 is 1.14 bits per heavy atom. The van der Waals surface area contributed by atoms with Crippen molar-refractivity contribution in [3.63, 3.8) is 0 Å². The van der Waals surface area contributed by atoms with E-state index in [9.17, 15) is 14.8 Å². The van der Waals surface area contributed by atoms with E-state index in [1.807, 2.05) is 4.90 Å². The lowest BCUT2D eigenvalue weighted by Crippen LogP contribution is -2.43. The highest BCUT2D eigenvalue weighted by Gasteiger charge is 2.36. The topological polar surface area (TPSA) is 119 Å². The Labute approximate surface area is 166 Å². The van der Waals surface area contributed by atoms with E-state index in [1.54, 1.807) is 45.6 Å². The smallest absolute Gasteiger partial charge is 0.448 e. The number of benzene rings is 1. The van der Waals surface area contributed by atoms with E-state index in [-0.39, 0.29) is 13.2 Å². The van der Waals surface area contributed by atoms with Crippen molar-refractivity contribution in [3.8, 4) is 0 Å². The molecule has 2 N–H and O–H groups in total. The zero-order chi connectivity index (χ0) is 20.8. The first-order valence-electron chi connectivity index (χ1n) is 8.89. The van der Waals surface area contributed by atoms with Crippen LogP contribution >= 0.6 is 0 Å². The van der Waals surface area contributed by atoms with Gasteiger partial charge in [0.15, 0.2) is 0 Å². The number of aliphatic hydroxyl groups excluding tert-OH is 1. The van der Waals surface area contributed by atoms with Gasteiger partial charge >= 0.3 is 14.9 Å². The number of hydrogen-bond donors (Lipinski definition) is 2. The molecule has 1 amide bonds. The molecule has 0 aliphatic heterocycles. The number of nitrogens with one attached hydrogen (secondary N) is 1. The quantitative estimate of drug-likeness (QED) is 0.269. The summed E-state index contributed by atoms with van der Waals surface area (Å²) >= 11 is 0. The Morgan fingerprint density at radius 2 is 1.79 bits per heavy atom. The fourth-order valence-electron chi connectivity index (χ4n) is 2.57. The SMILES string of the molecule is CO[Si](CCCNC(=O)OCCN(CCO)c1ccc(N=O)cc1)(OC)OC. The molecule has 0 saturated heterocycles. The van der Waals surface area contributed by atoms with E-state index in [2.05, 4.69) is 10.5 Å². The van der Waals surface area contributed by atoms with Crippen LogP contribution in [0.2, 0.25) is 6.04 Å². The average Bonchev–Trinajstić information content (AvgIpc) is 2.74. The monoisotopic (exact) mass is 415 g/mol. The van der Waals surface area contributed by atoms with Gasteiger partial charge in [-0.05, 0) is 35.9 Å². The second-order valence-corrected chi connectivity index (χ2v) is 8.87. The molecule has 28 heavy (non-hydrogen) atoms. The Bertz CT molecular complexity index is 576. The summed E-state index contributed by atoms with van der Waals surface area (Å²) in [5, 5.41) is 14.7. The van der Waals surface area contributed by atoms with Crippen molar-refractivity contribution in [3.05, 3.63) is 29.2 Å². The van der Waals surface area contributed by atoms with Crippen molar-refractivity contribution in [1.29, 1.82) is 0 Å². The van der Waals surface area contributed by atoms with Crippen LogP contribution in [-0.2, 0) is 18.0 Å². The number of aliphatic hydroxyl groups is 1. The molecule has 0 heterocycles. The number of ether oxygens (including phenoxy) is 1. The number of hydrogen-bond acceptors (Lipinski definition) is 9. The van der Waals surface area contributed by atoms with E-state index >= 15 is 0 Å². The lowest BCUT2D eigenvalue weighted by Gasteiger charge is -2.24. The lowest BCUT2D eigenvalue weighted by molar-refractivity contribution is 0.122. The molecule has 0 bridgehead atoms. The Morgan fingerprint density at radius 3 is 2.32 bits per heavy atom. The van der Waals surface area contributed by atoms with Crippen LogP contribution in [0.1, 0.15) is 6.42 Å². The number of anilines is 1. The van der Waals surface area contributed by atoms with Crippen molar-refractivity contribution in [2.24, 2.45) is 5.18 Å². The van der Waals surface area contributed by atoms with E-state index in [1.165, 1.54) is 0 Å². The molecule has 0 fully saturated rings. The van der Waals surface area contributed by atoms with E-state index in [0.29, 0.717) is 37.8 Å². The van der Waals surface area contributed by atoms with Gasteiger partial charge in [0.25, 0.3) is 0 Å². The van der Waals surface area contributed by atoms with Crippen LogP contribution in [0, 0.1) is 4.91 Å². The maximum absolute atomic E-state index is 11.8. The predicted molar refractivity (Wildman–Crippen MR) is 107 cm³/mol. The predicted octanol–water partition coefficient (Wildman–Crippen LogP) is 1.88. The molecule has 1 rings (SSSR count). The summed E-state index contributed by atoms with van der Waals surface area (Å²) < 4.78 is 21.1. The van der Waals surface area contributed by atoms with Gasteiger partial charge in [-0.15, -0.1) is 4.91 Å². The number of nitroso groups, excluding NO2 is 1. The molecule has 1 aromatic carbocycles. The minimum Gasteiger partial charge on any atom is -0.448 e. The van der Waals surface area contributed by atoms with Crippen LogP contribution in [0.3, 0.4) is 0 Å². The number of nitrogens with zero attached hydrogens (tertiary/aromatic N) is 2. The molecule has 0 spiro atoms. The van der Waals surface area contributed by atoms with Gasteiger partial charge in [-0.2, -0.15) is 0 Å². The number of amides is 1. The second kappa shape index (κ2) is 13.2. The highest BCUT2D eigenvalue weighted by molar-refractivity contribution is 6.60. The van der Waals surface area contributed by atoms with Gasteiger partial charge in [-0.25, -0.2) is 4.79 Å². The highest BCUT2D eigenvalue weighted by Crippen LogP contribution is 2.19. The van der Waals surface area contributed by atoms with Crippen LogP contribution in [-0.4, -0.2) is 74.2 Å². The number of carbonyl (C=O) groups excluding carboxylic acids is 1. The maximum atomic E-state index is 11.8. The number of alkyl carbamates (subject to hydrolysis) is 1. The first kappa shape index (κ1) is 24.0. The third kappa shape index (κ3) is 7.90. The van der Waals surface area contributed by atoms with Crippen molar-refractivity contribution in [2.75, 3.05) is 59.1 Å². The molecular formula is C17H29N3O7Si. The van der Waals surface area contributed by atoms with Crippen LogP contribution < -0.4 is 10.2 Å². The standard InChI is InChI=1S/C17H29N3O7Si/c1-24-28(25-2,26-3)14-4-9-18-17(22)27-13-11-20(10-12-21)16-7-5-15(19-23)6-8-16/h5-8,21H,4,9-14H2,1-3H3,(H,18,22). The molecular weight excluding hydrogens is 386 g/mol. The van der Waals surface area contributed by atoms with Crippen LogP contribution in [0.4, 0.5) is 16.2 Å². The van der Waals surface area contributed by atoms with E-state index in [0.717, 1.165) is 5.69 Å². The van der Waals surface area contributed by atoms with Gasteiger partial charge in [-0.1, -0.05) is 0 Å². The maximum Gasteiger partial charge on any atom is 0.500 e. The highest BCUT2D eigenvalue weighted by atomic mass is 28.4. The minimum atomic E-state index is -2.63. The fraction of sp³-hybridized carbons (Fsp3) is 0.588. The molecule has 158 valence electrons. The summed E-state index contributed by atoms with van der Waals surface area (Å²) in [5.41, 5.74) is 1.12. The average molecular weight is 416 g/mol. The zero-order valence-corrected chi connectivity index (χ0v) is 17.6. The first-order valence-corrected chi connectivity index (χ1v) is 10.8. The largest absolute Gasteiger partial charge is 0.500 e. The van der Waals surface area contributed by atoms with Gasteiger partial charge in [0, 0.05) is 46.2 Å². The van der Waals surface area contributed by atoms with Crippen molar-refractivity contribution < 1.29 is 27.9 Å². The Balaban J connectivity index is 2.35. The van der Waals surface area contributed by atoms with E-state index < -0.39 is 14.9 Å². The normalized spacial score (nSPS) is 11.1. The van der Waals surface area contributed by atoms with Gasteiger partial charge in [-0.3, -0.25) is 0 Å². The molecule has 11 heteroatoms. The molecule has 10 nitrogen and oxygen atoms in total. The molecule has 0 saturated carbocycles. The number of carbonyl (C=O) groups is 1. The molecule has 0 unspecified atom stereocenters. The molecule has 1 aromatic rings. The van der Waals surface area contributed by atoms with Gasteiger partial charge < -0.3 is 33.3 Å². The Hall–Kier alpha value is -2.05. The minimum absolute atomic E-state index is 0.0516. The summed E-state index contributed by atoms with van der Waals surface area (Å²) in [5.74, 6) is 0. The Kier molecular flexibility index (Phi) is 11.3. The summed E-state index contributed by atoms with van der Waals surface area (Å²) in [4.78, 5) is 24.1. The lowest BCUT2D eigenvalue weighted by atomic mass is 10.2. The summed E-state index contributed by atoms with van der Waals surface area (Å²) in [6.07, 6.45) is 0.105. The summed E-state index contributed by atoms with van der Waals surface area (Å²) in [6.45, 7) is 1.27. The van der Waals surface area contributed by atoms with Crippen LogP contribution in [0.5, 0.6) is 0 Å². The molecule has 0 aromatic heterocycles. The van der Waals surface area contributed by atoms with Crippen molar-refractivity contribution in [1.82, 2.24) is 5.32 Å². The first-order chi connectivity index (χ1) is 13.5.